The summed E-state index contributed by atoms with van der Waals surface area (Å²) in [6.07, 6.45) is -37.5. The lowest BCUT2D eigenvalue weighted by atomic mass is 9.44. The lowest BCUT2D eigenvalue weighted by Crippen LogP contribution is -2.68. The Morgan fingerprint density at radius 3 is 1.73 bits per heavy atom. The highest BCUT2D eigenvalue weighted by Gasteiger charge is 2.69. The molecule has 29 heteroatoms. The minimum absolute atomic E-state index is 0.0808. The first-order valence-electron chi connectivity index (χ1n) is 30.4. The van der Waals surface area contributed by atoms with Crippen molar-refractivity contribution >= 4 is 0 Å². The predicted molar refractivity (Wildman–Crippen MR) is 280 cm³/mol. The van der Waals surface area contributed by atoms with E-state index in [0.717, 1.165) is 32.1 Å². The molecule has 37 atom stereocenters. The summed E-state index contributed by atoms with van der Waals surface area (Å²) in [7, 11) is 0. The fourth-order valence-corrected chi connectivity index (χ4v) is 16.9. The standard InChI is InChI=1S/C56H94O29/c1-20(18-75-49-43(71)39(67)36(64)30(14-57)78-49)7-10-56(74)21(2)34-29(85-56)12-25-23-6-5-22-11-28(26(61)13-55(22,4)24(23)8-9-54(25,34)3)77-51-45(73)41(69)46(33(17-60)81-51)82-53-48(84-52-44(72)40(68)37(65)31(15-58)79-52)47(38(66)32(16-59)80-53)83-50-42(70)35(63)27(62)19-76-50/h20-53,57-74H,5-19H2,1-4H3/t20-,21+,22-,23-,24+,25+,26-,27-,28-,29+,30-,31-,32-,33-,34+,35+,36-,37-,38-,39+,40+,41-,42-,43-,44-,45-,46+,47+,48-,49-,50+,51-,52+,53+,54+,55+,56-/m1/s1. The topological polar surface area (TPSA) is 466 Å². The van der Waals surface area contributed by atoms with E-state index in [-0.39, 0.29) is 53.1 Å². The summed E-state index contributed by atoms with van der Waals surface area (Å²) in [6, 6.07) is 0. The zero-order valence-corrected chi connectivity index (χ0v) is 48.3. The third kappa shape index (κ3) is 12.3. The Kier molecular flexibility index (Phi) is 20.8. The monoisotopic (exact) mass is 1230 g/mol. The third-order valence-electron chi connectivity index (χ3n) is 21.8. The number of hydrogen-bond donors (Lipinski definition) is 18. The molecule has 10 fully saturated rings. The van der Waals surface area contributed by atoms with E-state index in [4.69, 9.17) is 52.1 Å². The molecule has 29 nitrogen and oxygen atoms in total. The first-order valence-corrected chi connectivity index (χ1v) is 30.4. The molecule has 10 rings (SSSR count). The van der Waals surface area contributed by atoms with Gasteiger partial charge in [0.15, 0.2) is 37.2 Å². The van der Waals surface area contributed by atoms with Crippen molar-refractivity contribution in [1.82, 2.24) is 0 Å². The Morgan fingerprint density at radius 1 is 0.518 bits per heavy atom. The van der Waals surface area contributed by atoms with Gasteiger partial charge in [0, 0.05) is 12.3 Å². The molecule has 0 spiro atoms. The van der Waals surface area contributed by atoms with Crippen LogP contribution >= 0.6 is 0 Å². The number of rotatable bonds is 18. The summed E-state index contributed by atoms with van der Waals surface area (Å²) in [4.78, 5) is 0. The fourth-order valence-electron chi connectivity index (χ4n) is 16.9. The van der Waals surface area contributed by atoms with Gasteiger partial charge in [-0.15, -0.1) is 0 Å². The zero-order valence-electron chi connectivity index (χ0n) is 48.3. The van der Waals surface area contributed by atoms with Gasteiger partial charge in [0.05, 0.1) is 58.0 Å². The summed E-state index contributed by atoms with van der Waals surface area (Å²) in [5.74, 6) is -0.636. The molecule has 4 saturated carbocycles. The van der Waals surface area contributed by atoms with Crippen molar-refractivity contribution < 1.29 is 144 Å². The van der Waals surface area contributed by atoms with Gasteiger partial charge in [0.1, 0.15) is 116 Å². The molecule has 18 N–H and O–H groups in total. The molecule has 10 aliphatic rings. The Hall–Kier alpha value is -1.16. The quantitative estimate of drug-likeness (QED) is 0.0568. The van der Waals surface area contributed by atoms with Crippen LogP contribution < -0.4 is 0 Å². The smallest absolute Gasteiger partial charge is 0.187 e. The highest BCUT2D eigenvalue weighted by atomic mass is 16.8. The van der Waals surface area contributed by atoms with Crippen LogP contribution in [0, 0.1) is 52.3 Å². The van der Waals surface area contributed by atoms with Crippen molar-refractivity contribution in [2.45, 2.75) is 257 Å². The molecule has 0 unspecified atom stereocenters. The van der Waals surface area contributed by atoms with Crippen LogP contribution in [0.1, 0.15) is 85.5 Å². The van der Waals surface area contributed by atoms with Gasteiger partial charge in [-0.25, -0.2) is 0 Å². The molecule has 4 aliphatic carbocycles. The Bertz CT molecular complexity index is 2170. The van der Waals surface area contributed by atoms with Crippen molar-refractivity contribution in [2.24, 2.45) is 52.3 Å². The Morgan fingerprint density at radius 2 is 1.07 bits per heavy atom. The SMILES string of the molecule is C[C@H](CC[C@@]1(O)O[C@H]2C[C@H]3[C@@H]4CC[C@@H]5C[C@@H](O[C@@H]6O[C@H](CO)[C@H](O[C@@H]7O[C@H](CO)[C@@H](O)[C@H](O[C@@H]8OC[C@@H](O)[C@H](O)[C@H]8O)[C@H]7O[C@@H]7O[C@H](CO)[C@@H](O)[C@H](O)[C@H]7O)[C@H](O)[C@H]6O)[C@H](O)C[C@]5(C)[C@H]4CC[C@]3(C)[C@H]2[C@@H]1C)CO[C@@H]1O[C@H](CO)[C@@H](O)[C@H](O)[C@H]1O. The van der Waals surface area contributed by atoms with Crippen LogP contribution in [-0.2, 0) is 52.1 Å². The van der Waals surface area contributed by atoms with Crippen LogP contribution in [0.3, 0.4) is 0 Å². The number of hydrogen-bond acceptors (Lipinski definition) is 29. The molecule has 0 radical (unpaired) electrons. The average Bonchev–Trinajstić information content (AvgIpc) is 1.73. The van der Waals surface area contributed by atoms with E-state index in [1.165, 1.54) is 0 Å². The van der Waals surface area contributed by atoms with Crippen molar-refractivity contribution in [3.05, 3.63) is 0 Å². The second-order valence-corrected chi connectivity index (χ2v) is 26.8. The number of ether oxygens (including phenoxy) is 11. The molecule has 6 saturated heterocycles. The molecule has 0 aromatic heterocycles. The summed E-state index contributed by atoms with van der Waals surface area (Å²) < 4.78 is 65.5. The van der Waals surface area contributed by atoms with E-state index in [9.17, 15) is 91.9 Å². The van der Waals surface area contributed by atoms with Crippen LogP contribution in [0.4, 0.5) is 0 Å². The number of aliphatic hydroxyl groups is 18. The molecule has 0 amide bonds. The van der Waals surface area contributed by atoms with E-state index < -0.39 is 198 Å². The van der Waals surface area contributed by atoms with Crippen molar-refractivity contribution in [2.75, 3.05) is 39.6 Å². The molecule has 0 aromatic carbocycles. The zero-order chi connectivity index (χ0) is 61.5. The van der Waals surface area contributed by atoms with Gasteiger partial charge in [-0.1, -0.05) is 27.7 Å². The van der Waals surface area contributed by atoms with Crippen LogP contribution in [0.5, 0.6) is 0 Å². The largest absolute Gasteiger partial charge is 0.394 e. The van der Waals surface area contributed by atoms with Gasteiger partial charge in [0.25, 0.3) is 0 Å². The van der Waals surface area contributed by atoms with Crippen LogP contribution in [0.2, 0.25) is 0 Å². The van der Waals surface area contributed by atoms with E-state index in [1.807, 2.05) is 6.92 Å². The highest BCUT2D eigenvalue weighted by Crippen LogP contribution is 2.71. The van der Waals surface area contributed by atoms with Gasteiger partial charge in [-0.05, 0) is 97.7 Å². The Labute approximate surface area is 491 Å². The molecule has 85 heavy (non-hydrogen) atoms. The van der Waals surface area contributed by atoms with E-state index in [0.29, 0.717) is 37.5 Å². The molecule has 6 heterocycles. The molecule has 492 valence electrons. The lowest BCUT2D eigenvalue weighted by Gasteiger charge is -2.62. The number of aliphatic hydroxyl groups excluding tert-OH is 17. The van der Waals surface area contributed by atoms with Crippen LogP contribution in [-0.4, -0.2) is 303 Å². The maximum Gasteiger partial charge on any atom is 0.187 e. The minimum atomic E-state index is -2.05. The second-order valence-electron chi connectivity index (χ2n) is 26.8. The van der Waals surface area contributed by atoms with Gasteiger partial charge in [-0.3, -0.25) is 0 Å². The molecule has 0 bridgehead atoms. The highest BCUT2D eigenvalue weighted by molar-refractivity contribution is 5.16. The van der Waals surface area contributed by atoms with E-state index in [2.05, 4.69) is 20.8 Å². The minimum Gasteiger partial charge on any atom is -0.394 e. The fraction of sp³-hybridized carbons (Fsp3) is 1.00. The summed E-state index contributed by atoms with van der Waals surface area (Å²) >= 11 is 0. The average molecular weight is 1230 g/mol. The first-order chi connectivity index (χ1) is 40.2. The van der Waals surface area contributed by atoms with Crippen molar-refractivity contribution in [3.8, 4) is 0 Å². The first kappa shape index (κ1) is 66.8. The van der Waals surface area contributed by atoms with Crippen LogP contribution in [0.25, 0.3) is 0 Å². The van der Waals surface area contributed by atoms with Crippen LogP contribution in [0.15, 0.2) is 0 Å². The van der Waals surface area contributed by atoms with Gasteiger partial charge >= 0.3 is 0 Å². The summed E-state index contributed by atoms with van der Waals surface area (Å²) in [6.45, 7) is 4.91. The maximum atomic E-state index is 12.1. The van der Waals surface area contributed by atoms with E-state index in [1.54, 1.807) is 0 Å². The molecular formula is C56H94O29. The normalized spacial score (nSPS) is 55.8. The number of fused-ring (bicyclic) bond motifs is 7. The van der Waals surface area contributed by atoms with Crippen molar-refractivity contribution in [1.29, 1.82) is 0 Å². The summed E-state index contributed by atoms with van der Waals surface area (Å²) in [5, 5.41) is 194. The maximum absolute atomic E-state index is 12.1. The molecule has 6 aliphatic heterocycles. The summed E-state index contributed by atoms with van der Waals surface area (Å²) in [5.41, 5.74) is -0.434. The van der Waals surface area contributed by atoms with Gasteiger partial charge in [0.2, 0.25) is 0 Å². The van der Waals surface area contributed by atoms with E-state index >= 15 is 0 Å². The second kappa shape index (κ2) is 26.4. The van der Waals surface area contributed by atoms with Gasteiger partial charge in [-0.2, -0.15) is 0 Å². The lowest BCUT2D eigenvalue weighted by molar-refractivity contribution is -0.404. The molecule has 0 aromatic rings. The molecular weight excluding hydrogens is 1140 g/mol. The van der Waals surface area contributed by atoms with Crippen molar-refractivity contribution in [3.63, 3.8) is 0 Å². The predicted octanol–water partition coefficient (Wildman–Crippen LogP) is -6.52. The Balaban J connectivity index is 0.771. The third-order valence-corrected chi connectivity index (χ3v) is 21.8. The van der Waals surface area contributed by atoms with Gasteiger partial charge < -0.3 is 144 Å².